The third-order valence-electron chi connectivity index (χ3n) is 5.51. The van der Waals surface area contributed by atoms with Gasteiger partial charge in [-0.05, 0) is 37.3 Å². The summed E-state index contributed by atoms with van der Waals surface area (Å²) < 4.78 is 1.98. The standard InChI is InChI=1S/C24H25N7O/c25-10-2-11-26-23-24-28-14-21(31(24)15-19(29-23)3-1-12-32)17-6-4-16(5-7-17)20-13-27-22(30-20)18-8-9-18/h4-7,13-15,18,32H,2,8-12,25H2,(H,26,29)(H,27,30). The molecule has 0 bridgehead atoms. The van der Waals surface area contributed by atoms with E-state index in [9.17, 15) is 0 Å². The molecule has 0 atom stereocenters. The van der Waals surface area contributed by atoms with Crippen molar-refractivity contribution in [1.29, 1.82) is 0 Å². The van der Waals surface area contributed by atoms with Gasteiger partial charge in [-0.25, -0.2) is 15.0 Å². The van der Waals surface area contributed by atoms with E-state index in [4.69, 9.17) is 10.8 Å². The van der Waals surface area contributed by atoms with E-state index in [1.54, 1.807) is 0 Å². The quantitative estimate of drug-likeness (QED) is 0.266. The number of anilines is 1. The highest BCUT2D eigenvalue weighted by molar-refractivity contribution is 5.73. The zero-order chi connectivity index (χ0) is 21.9. The maximum absolute atomic E-state index is 9.07. The minimum absolute atomic E-state index is 0.218. The summed E-state index contributed by atoms with van der Waals surface area (Å²) >= 11 is 0. The Bertz CT molecular complexity index is 1290. The third kappa shape index (κ3) is 4.08. The van der Waals surface area contributed by atoms with Crippen molar-refractivity contribution in [2.24, 2.45) is 5.73 Å². The number of aliphatic hydroxyl groups is 1. The van der Waals surface area contributed by atoms with Gasteiger partial charge in [0.05, 0.1) is 23.8 Å². The van der Waals surface area contributed by atoms with Crippen molar-refractivity contribution < 1.29 is 5.11 Å². The van der Waals surface area contributed by atoms with E-state index >= 15 is 0 Å². The Labute approximate surface area is 185 Å². The maximum Gasteiger partial charge on any atom is 0.180 e. The topological polar surface area (TPSA) is 117 Å². The molecule has 4 aromatic rings. The Balaban J connectivity index is 1.49. The van der Waals surface area contributed by atoms with Crippen LogP contribution in [0.3, 0.4) is 0 Å². The third-order valence-corrected chi connectivity index (χ3v) is 5.51. The number of nitrogens with zero attached hydrogens (tertiary/aromatic N) is 4. The van der Waals surface area contributed by atoms with E-state index < -0.39 is 0 Å². The molecule has 8 heteroatoms. The summed E-state index contributed by atoms with van der Waals surface area (Å²) in [5, 5.41) is 12.4. The van der Waals surface area contributed by atoms with Crippen molar-refractivity contribution in [3.05, 3.63) is 54.4 Å². The molecule has 1 aliphatic carbocycles. The van der Waals surface area contributed by atoms with Crippen LogP contribution in [0.25, 0.3) is 28.2 Å². The first kappa shape index (κ1) is 20.2. The fraction of sp³-hybridized carbons (Fsp3) is 0.292. The number of aliphatic hydroxyl groups excluding tert-OH is 1. The van der Waals surface area contributed by atoms with Gasteiger partial charge < -0.3 is 21.1 Å². The van der Waals surface area contributed by atoms with Crippen molar-refractivity contribution in [1.82, 2.24) is 24.3 Å². The predicted molar refractivity (Wildman–Crippen MR) is 124 cm³/mol. The van der Waals surface area contributed by atoms with Crippen molar-refractivity contribution in [3.8, 4) is 34.4 Å². The summed E-state index contributed by atoms with van der Waals surface area (Å²) in [6.07, 6.45) is 8.87. The van der Waals surface area contributed by atoms with E-state index in [-0.39, 0.29) is 6.61 Å². The molecule has 0 saturated heterocycles. The first-order chi connectivity index (χ1) is 15.8. The van der Waals surface area contributed by atoms with Gasteiger partial charge in [-0.15, -0.1) is 0 Å². The Morgan fingerprint density at radius 1 is 1.16 bits per heavy atom. The minimum Gasteiger partial charge on any atom is -0.384 e. The Hall–Kier alpha value is -3.67. The highest BCUT2D eigenvalue weighted by Crippen LogP contribution is 2.39. The number of rotatable bonds is 7. The molecule has 0 amide bonds. The lowest BCUT2D eigenvalue weighted by atomic mass is 10.1. The summed E-state index contributed by atoms with van der Waals surface area (Å²) in [6, 6.07) is 8.34. The molecule has 8 nitrogen and oxygen atoms in total. The minimum atomic E-state index is -0.218. The van der Waals surface area contributed by atoms with E-state index in [1.807, 2.05) is 23.0 Å². The van der Waals surface area contributed by atoms with Crippen LogP contribution < -0.4 is 11.1 Å². The van der Waals surface area contributed by atoms with Gasteiger partial charge in [-0.3, -0.25) is 4.40 Å². The first-order valence-corrected chi connectivity index (χ1v) is 10.8. The summed E-state index contributed by atoms with van der Waals surface area (Å²) in [5.74, 6) is 7.90. The zero-order valence-corrected chi connectivity index (χ0v) is 17.7. The van der Waals surface area contributed by atoms with Gasteiger partial charge in [-0.2, -0.15) is 0 Å². The van der Waals surface area contributed by atoms with Gasteiger partial charge in [0.1, 0.15) is 18.1 Å². The number of H-pyrrole nitrogens is 1. The molecule has 5 N–H and O–H groups in total. The second-order valence-electron chi connectivity index (χ2n) is 7.87. The molecule has 3 aromatic heterocycles. The summed E-state index contributed by atoms with van der Waals surface area (Å²) in [4.78, 5) is 17.1. The van der Waals surface area contributed by atoms with Gasteiger partial charge >= 0.3 is 0 Å². The number of benzene rings is 1. The molecule has 1 fully saturated rings. The number of fused-ring (bicyclic) bond motifs is 1. The van der Waals surface area contributed by atoms with Crippen LogP contribution in [0.15, 0.2) is 42.9 Å². The summed E-state index contributed by atoms with van der Waals surface area (Å²) in [6.45, 7) is 1.07. The smallest absolute Gasteiger partial charge is 0.180 e. The van der Waals surface area contributed by atoms with E-state index in [2.05, 4.69) is 61.4 Å². The normalized spacial score (nSPS) is 13.2. The summed E-state index contributed by atoms with van der Waals surface area (Å²) in [7, 11) is 0. The van der Waals surface area contributed by atoms with E-state index in [0.29, 0.717) is 30.5 Å². The number of hydrogen-bond donors (Lipinski definition) is 4. The number of aromatic nitrogens is 5. The second-order valence-corrected chi connectivity index (χ2v) is 7.87. The first-order valence-electron chi connectivity index (χ1n) is 10.8. The van der Waals surface area contributed by atoms with Gasteiger partial charge in [0, 0.05) is 24.2 Å². The molecular formula is C24H25N7O. The average Bonchev–Trinajstić information content (AvgIpc) is 3.39. The Kier molecular flexibility index (Phi) is 5.58. The highest BCUT2D eigenvalue weighted by Gasteiger charge is 2.26. The van der Waals surface area contributed by atoms with Crippen LogP contribution in [0.2, 0.25) is 0 Å². The number of hydrogen-bond acceptors (Lipinski definition) is 6. The number of imidazole rings is 2. The van der Waals surface area contributed by atoms with Crippen LogP contribution in [-0.4, -0.2) is 49.1 Å². The van der Waals surface area contributed by atoms with Crippen molar-refractivity contribution in [2.75, 3.05) is 25.0 Å². The molecule has 0 unspecified atom stereocenters. The SMILES string of the molecule is NCCCNc1nc(C#CCO)cn2c(-c3ccc(-c4cnc(C5CC5)[nH]4)cc3)cnc12. The molecule has 1 saturated carbocycles. The number of nitrogens with one attached hydrogen (secondary N) is 2. The molecule has 0 radical (unpaired) electrons. The lowest BCUT2D eigenvalue weighted by Gasteiger charge is -2.09. The van der Waals surface area contributed by atoms with Crippen molar-refractivity contribution >= 4 is 11.5 Å². The Morgan fingerprint density at radius 3 is 2.72 bits per heavy atom. The second kappa shape index (κ2) is 8.83. The number of nitrogens with two attached hydrogens (primary N) is 1. The monoisotopic (exact) mass is 427 g/mol. The van der Waals surface area contributed by atoms with Crippen LogP contribution in [0.4, 0.5) is 5.82 Å². The molecule has 0 aliphatic heterocycles. The fourth-order valence-corrected chi connectivity index (χ4v) is 3.69. The molecule has 5 rings (SSSR count). The zero-order valence-electron chi connectivity index (χ0n) is 17.7. The average molecular weight is 428 g/mol. The van der Waals surface area contributed by atoms with Crippen molar-refractivity contribution in [2.45, 2.75) is 25.2 Å². The van der Waals surface area contributed by atoms with Crippen LogP contribution in [0.5, 0.6) is 0 Å². The Morgan fingerprint density at radius 2 is 1.97 bits per heavy atom. The molecular weight excluding hydrogens is 402 g/mol. The maximum atomic E-state index is 9.07. The van der Waals surface area contributed by atoms with Gasteiger partial charge in [0.2, 0.25) is 0 Å². The lowest BCUT2D eigenvalue weighted by molar-refractivity contribution is 0.350. The van der Waals surface area contributed by atoms with Gasteiger partial charge in [0.15, 0.2) is 11.5 Å². The van der Waals surface area contributed by atoms with Crippen LogP contribution in [0.1, 0.15) is 36.7 Å². The fourth-order valence-electron chi connectivity index (χ4n) is 3.69. The van der Waals surface area contributed by atoms with Crippen molar-refractivity contribution in [3.63, 3.8) is 0 Å². The van der Waals surface area contributed by atoms with Crippen LogP contribution in [0, 0.1) is 11.8 Å². The van der Waals surface area contributed by atoms with Crippen LogP contribution in [-0.2, 0) is 0 Å². The lowest BCUT2D eigenvalue weighted by Crippen LogP contribution is -2.11. The predicted octanol–water partition coefficient (Wildman–Crippen LogP) is 2.77. The molecule has 3 heterocycles. The highest BCUT2D eigenvalue weighted by atomic mass is 16.2. The number of aromatic amines is 1. The van der Waals surface area contributed by atoms with E-state index in [0.717, 1.165) is 40.4 Å². The van der Waals surface area contributed by atoms with Gasteiger partial charge in [-0.1, -0.05) is 30.2 Å². The van der Waals surface area contributed by atoms with Crippen LogP contribution >= 0.6 is 0 Å². The summed E-state index contributed by atoms with van der Waals surface area (Å²) in [5.41, 5.74) is 11.0. The largest absolute Gasteiger partial charge is 0.384 e. The molecule has 0 spiro atoms. The van der Waals surface area contributed by atoms with E-state index in [1.165, 1.54) is 12.8 Å². The van der Waals surface area contributed by atoms with Gasteiger partial charge in [0.25, 0.3) is 0 Å². The molecule has 1 aliphatic rings. The molecule has 32 heavy (non-hydrogen) atoms. The molecule has 1 aromatic carbocycles. The molecule has 162 valence electrons.